The van der Waals surface area contributed by atoms with Crippen LogP contribution in [0.4, 0.5) is 38.2 Å². The number of H-pyrrole nitrogens is 1. The van der Waals surface area contributed by atoms with E-state index < -0.39 is 38.1 Å². The number of fused-ring (bicyclic) bond motifs is 2. The zero-order valence-electron chi connectivity index (χ0n) is 34.0. The maximum absolute atomic E-state index is 13.4. The summed E-state index contributed by atoms with van der Waals surface area (Å²) >= 11 is 0. The van der Waals surface area contributed by atoms with Crippen molar-refractivity contribution < 1.29 is 45.9 Å². The lowest BCUT2D eigenvalue weighted by Crippen LogP contribution is -2.29. The number of halogens is 6. The minimum Gasteiger partial charge on any atom is -0.497 e. The first-order valence-corrected chi connectivity index (χ1v) is 18.9. The zero-order valence-corrected chi connectivity index (χ0v) is 34.0. The predicted molar refractivity (Wildman–Crippen MR) is 230 cm³/mol. The zero-order chi connectivity index (χ0) is 46.7. The van der Waals surface area contributed by atoms with Gasteiger partial charge in [-0.25, -0.2) is 19.9 Å². The second-order valence-corrected chi connectivity index (χ2v) is 13.4. The molecule has 0 saturated carbocycles. The van der Waals surface area contributed by atoms with Gasteiger partial charge in [0.1, 0.15) is 24.6 Å². The molecule has 0 unspecified atom stereocenters. The minimum absolute atomic E-state index is 0.204. The van der Waals surface area contributed by atoms with Crippen LogP contribution in [0.3, 0.4) is 0 Å². The molecule has 0 amide bonds. The Morgan fingerprint density at radius 2 is 1.12 bits per heavy atom. The van der Waals surface area contributed by atoms with Crippen LogP contribution in [-0.4, -0.2) is 96.3 Å². The van der Waals surface area contributed by atoms with Gasteiger partial charge >= 0.3 is 19.5 Å². The number of methoxy groups -OCH3 is 2. The molecule has 0 bridgehead atoms. The highest BCUT2D eigenvalue weighted by Gasteiger charge is 2.28. The van der Waals surface area contributed by atoms with E-state index in [0.717, 1.165) is 0 Å². The number of ether oxygens (including phenoxy) is 2. The topological polar surface area (TPSA) is 215 Å². The Labute approximate surface area is 363 Å². The quantitative estimate of drug-likeness (QED) is 0.0841. The molecule has 0 fully saturated rings. The van der Waals surface area contributed by atoms with Crippen LogP contribution in [0.2, 0.25) is 0 Å². The number of nitrogens with zero attached hydrogens (tertiary/aromatic N) is 7. The van der Waals surface area contributed by atoms with E-state index in [0.29, 0.717) is 44.5 Å². The van der Waals surface area contributed by atoms with E-state index in [4.69, 9.17) is 19.5 Å². The fourth-order valence-electron chi connectivity index (χ4n) is 5.93. The number of benzene rings is 2. The number of rotatable bonds is 10. The van der Waals surface area contributed by atoms with Crippen molar-refractivity contribution in [2.45, 2.75) is 12.4 Å². The first-order valence-electron chi connectivity index (χ1n) is 18.9. The second-order valence-electron chi connectivity index (χ2n) is 13.4. The molecule has 65 heavy (non-hydrogen) atoms. The molecule has 0 aliphatic heterocycles. The number of hydrogen-bond acceptors (Lipinski definition) is 14. The summed E-state index contributed by atoms with van der Waals surface area (Å²) < 4.78 is 86.5. The molecular weight excluding hydrogens is 865 g/mol. The molecule has 334 valence electrons. The Balaban J connectivity index is 0.000000184. The lowest BCUT2D eigenvalue weighted by Gasteiger charge is -2.13. The van der Waals surface area contributed by atoms with Crippen molar-refractivity contribution in [3.8, 4) is 39.4 Å². The number of hydrogen-bond donors (Lipinski definition) is 5. The first-order chi connectivity index (χ1) is 31.0. The summed E-state index contributed by atoms with van der Waals surface area (Å²) in [5.41, 5.74) is 2.33. The van der Waals surface area contributed by atoms with Gasteiger partial charge in [0.05, 0.1) is 42.1 Å². The van der Waals surface area contributed by atoms with E-state index in [-0.39, 0.29) is 39.6 Å². The summed E-state index contributed by atoms with van der Waals surface area (Å²) in [5, 5.41) is 22.4. The lowest BCUT2D eigenvalue weighted by molar-refractivity contribution is -0.116. The fourth-order valence-corrected chi connectivity index (χ4v) is 5.93. The Morgan fingerprint density at radius 1 is 0.662 bits per heavy atom. The van der Waals surface area contributed by atoms with Gasteiger partial charge in [0.15, 0.2) is 0 Å². The van der Waals surface area contributed by atoms with Crippen molar-refractivity contribution in [1.29, 1.82) is 0 Å². The van der Waals surface area contributed by atoms with Crippen LogP contribution in [-0.2, 0) is 0 Å². The summed E-state index contributed by atoms with van der Waals surface area (Å²) in [4.78, 5) is 52.0. The number of aromatic nitrogens is 8. The molecular formula is C42H35BF6N10O6. The third kappa shape index (κ3) is 12.4. The van der Waals surface area contributed by atoms with Crippen LogP contribution >= 0.6 is 0 Å². The summed E-state index contributed by atoms with van der Waals surface area (Å²) in [7, 11) is 1.66. The van der Waals surface area contributed by atoms with Crippen LogP contribution in [0.5, 0.6) is 11.5 Å². The highest BCUT2D eigenvalue weighted by Crippen LogP contribution is 2.29. The summed E-state index contributed by atoms with van der Waals surface area (Å²) in [6.45, 7) is -2.55. The van der Waals surface area contributed by atoms with Crippen LogP contribution in [0, 0.1) is 0 Å². The lowest BCUT2D eigenvalue weighted by atomic mass is 9.81. The van der Waals surface area contributed by atoms with E-state index in [9.17, 15) is 35.9 Å². The van der Waals surface area contributed by atoms with E-state index in [1.807, 2.05) is 0 Å². The van der Waals surface area contributed by atoms with Gasteiger partial charge in [0.25, 0.3) is 11.1 Å². The molecule has 5 N–H and O–H groups in total. The van der Waals surface area contributed by atoms with Gasteiger partial charge < -0.3 is 35.1 Å². The van der Waals surface area contributed by atoms with Crippen molar-refractivity contribution in [3.05, 3.63) is 143 Å². The van der Waals surface area contributed by atoms with Crippen molar-refractivity contribution in [2.24, 2.45) is 0 Å². The minimum atomic E-state index is -4.43. The number of pyridine rings is 4. The van der Waals surface area contributed by atoms with E-state index in [2.05, 4.69) is 45.5 Å². The van der Waals surface area contributed by atoms with E-state index >= 15 is 0 Å². The molecule has 23 heteroatoms. The Morgan fingerprint density at radius 3 is 1.58 bits per heavy atom. The number of anilines is 2. The standard InChI is InChI=1S/C21H16F3N5O2.C16H13F3N4O2.C5H6BNO2/c1-31-16-4-2-13(3-5-16)17-18-14(10-26-20(28-18)27-12-21(22,23)24)11-29(19(17)30)15-6-8-25-9-7-15;1-25-11-4-2-9(3-5-11)12-13-10(6-20-14(12)24)7-21-15(23-13)22-8-16(17,18)19;8-6(9)5-1-3-7-4-2-5/h2-11H,12H2,1H3,(H,27,28);2-7H,8H2,1H3,(H,20,24)(H,21,22,23);1-4,8-9H. The van der Waals surface area contributed by atoms with Crippen LogP contribution in [0.1, 0.15) is 0 Å². The molecule has 16 nitrogen and oxygen atoms in total. The van der Waals surface area contributed by atoms with Crippen molar-refractivity contribution >= 4 is 46.3 Å². The smallest absolute Gasteiger partial charge is 0.488 e. The Bertz CT molecular complexity index is 2960. The molecule has 0 aliphatic carbocycles. The number of nitrogens with one attached hydrogen (secondary N) is 3. The molecule has 8 aromatic rings. The number of aromatic amines is 1. The van der Waals surface area contributed by atoms with Crippen LogP contribution in [0.25, 0.3) is 49.7 Å². The predicted octanol–water partition coefficient (Wildman–Crippen LogP) is 5.55. The fraction of sp³-hybridized carbons (Fsp3) is 0.143. The average molecular weight is 901 g/mol. The largest absolute Gasteiger partial charge is 0.497 e. The molecule has 0 saturated heterocycles. The molecule has 2 aromatic carbocycles. The van der Waals surface area contributed by atoms with Crippen molar-refractivity contribution in [2.75, 3.05) is 37.9 Å². The molecule has 0 spiro atoms. The Hall–Kier alpha value is -7.92. The third-order valence-corrected chi connectivity index (χ3v) is 8.99. The van der Waals surface area contributed by atoms with E-state index in [1.165, 1.54) is 49.8 Å². The molecule has 0 radical (unpaired) electrons. The van der Waals surface area contributed by atoms with Gasteiger partial charge in [-0.15, -0.1) is 0 Å². The monoisotopic (exact) mass is 900 g/mol. The first kappa shape index (κ1) is 46.6. The Kier molecular flexibility index (Phi) is 14.7. The van der Waals surface area contributed by atoms with Gasteiger partial charge in [0.2, 0.25) is 11.9 Å². The molecule has 6 aromatic heterocycles. The second kappa shape index (κ2) is 20.5. The van der Waals surface area contributed by atoms with Crippen LogP contribution in [0.15, 0.2) is 132 Å². The van der Waals surface area contributed by atoms with Gasteiger partial charge in [-0.1, -0.05) is 24.3 Å². The highest BCUT2D eigenvalue weighted by molar-refractivity contribution is 6.58. The maximum Gasteiger partial charge on any atom is 0.488 e. The van der Waals surface area contributed by atoms with Gasteiger partial charge in [-0.05, 0) is 65.1 Å². The summed E-state index contributed by atoms with van der Waals surface area (Å²) in [5.74, 6) is 0.786. The van der Waals surface area contributed by atoms with Crippen LogP contribution < -0.4 is 36.7 Å². The normalized spacial score (nSPS) is 11.2. The number of alkyl halides is 6. The highest BCUT2D eigenvalue weighted by atomic mass is 19.4. The molecule has 8 rings (SSSR count). The SMILES string of the molecule is COc1ccc(-c2c(=O)[nH]cc3cnc(NCC(F)(F)F)nc23)cc1.COc1ccc(-c2c(=O)n(-c3ccncc3)cc3cnc(NCC(F)(F)F)nc23)cc1.OB(O)c1ccncc1. The van der Waals surface area contributed by atoms with Crippen molar-refractivity contribution in [1.82, 2.24) is 39.5 Å². The van der Waals surface area contributed by atoms with E-state index in [1.54, 1.807) is 91.4 Å². The molecule has 6 heterocycles. The van der Waals surface area contributed by atoms with Gasteiger partial charge in [0, 0.05) is 60.3 Å². The molecule has 0 aliphatic rings. The summed E-state index contributed by atoms with van der Waals surface area (Å²) in [6, 6.07) is 19.9. The van der Waals surface area contributed by atoms with Crippen molar-refractivity contribution in [3.63, 3.8) is 0 Å². The van der Waals surface area contributed by atoms with Gasteiger partial charge in [-0.2, -0.15) is 26.3 Å². The van der Waals surface area contributed by atoms with Gasteiger partial charge in [-0.3, -0.25) is 24.1 Å². The third-order valence-electron chi connectivity index (χ3n) is 8.99. The average Bonchev–Trinajstić information content (AvgIpc) is 3.30. The summed E-state index contributed by atoms with van der Waals surface area (Å²) in [6.07, 6.45) is 3.00. The molecule has 0 atom stereocenters. The maximum atomic E-state index is 13.4.